The van der Waals surface area contributed by atoms with Crippen LogP contribution in [0.15, 0.2) is 48.7 Å². The van der Waals surface area contributed by atoms with Gasteiger partial charge in [0.1, 0.15) is 23.6 Å². The van der Waals surface area contributed by atoms with Crippen molar-refractivity contribution in [3.05, 3.63) is 71.4 Å². The molecule has 2 unspecified atom stereocenters. The van der Waals surface area contributed by atoms with Crippen molar-refractivity contribution >= 4 is 28.6 Å². The van der Waals surface area contributed by atoms with Crippen LogP contribution in [0.4, 0.5) is 8.78 Å². The number of H-pyrrole nitrogens is 1. The van der Waals surface area contributed by atoms with Crippen LogP contribution in [0.2, 0.25) is 0 Å². The van der Waals surface area contributed by atoms with Crippen molar-refractivity contribution in [2.24, 2.45) is 5.92 Å². The summed E-state index contributed by atoms with van der Waals surface area (Å²) in [5, 5.41) is 6.16. The van der Waals surface area contributed by atoms with Gasteiger partial charge in [-0.3, -0.25) is 14.4 Å². The largest absolute Gasteiger partial charge is 0.361 e. The van der Waals surface area contributed by atoms with Crippen LogP contribution in [0.3, 0.4) is 0 Å². The Balaban J connectivity index is 1.69. The number of aromatic nitrogens is 1. The van der Waals surface area contributed by atoms with Gasteiger partial charge in [-0.05, 0) is 43.2 Å². The van der Waals surface area contributed by atoms with E-state index in [2.05, 4.69) is 15.6 Å². The highest BCUT2D eigenvalue weighted by Crippen LogP contribution is 2.20. The van der Waals surface area contributed by atoms with Crippen molar-refractivity contribution in [3.8, 4) is 0 Å². The molecule has 1 aromatic heterocycles. The first-order chi connectivity index (χ1) is 16.2. The fraction of sp³-hybridized carbons (Fsp3) is 0.320. The molecule has 2 aromatic carbocycles. The second-order valence-electron chi connectivity index (χ2n) is 8.19. The maximum atomic E-state index is 13.4. The molecule has 7 nitrogen and oxygen atoms in total. The van der Waals surface area contributed by atoms with Crippen LogP contribution in [0.5, 0.6) is 0 Å². The summed E-state index contributed by atoms with van der Waals surface area (Å²) >= 11 is 0. The van der Waals surface area contributed by atoms with E-state index >= 15 is 0 Å². The molecule has 0 saturated carbocycles. The molecule has 0 fully saturated rings. The van der Waals surface area contributed by atoms with E-state index in [4.69, 9.17) is 0 Å². The first-order valence-electron chi connectivity index (χ1n) is 11.0. The van der Waals surface area contributed by atoms with Gasteiger partial charge in [-0.15, -0.1) is 0 Å². The highest BCUT2D eigenvalue weighted by molar-refractivity contribution is 6.01. The molecule has 34 heavy (non-hydrogen) atoms. The van der Waals surface area contributed by atoms with Gasteiger partial charge in [0, 0.05) is 49.7 Å². The van der Waals surface area contributed by atoms with Crippen molar-refractivity contribution in [3.63, 3.8) is 0 Å². The number of carbonyl (C=O) groups is 3. The predicted molar refractivity (Wildman–Crippen MR) is 125 cm³/mol. The van der Waals surface area contributed by atoms with Crippen molar-refractivity contribution in [1.82, 2.24) is 20.5 Å². The molecular formula is C25H28F2N4O3. The Kier molecular flexibility index (Phi) is 7.99. The molecule has 0 radical (unpaired) electrons. The number of carbonyl (C=O) groups excluding carboxylic acids is 3. The first-order valence-corrected chi connectivity index (χ1v) is 11.0. The predicted octanol–water partition coefficient (Wildman–Crippen LogP) is 2.90. The van der Waals surface area contributed by atoms with Crippen LogP contribution in [-0.2, 0) is 27.3 Å². The topological polar surface area (TPSA) is 94.3 Å². The number of amides is 3. The number of likely N-dealkylation sites (N-methyl/N-ethyl adjacent to an activating group) is 1. The van der Waals surface area contributed by atoms with E-state index in [0.717, 1.165) is 34.7 Å². The lowest BCUT2D eigenvalue weighted by Gasteiger charge is -2.25. The number of nitrogens with zero attached hydrogens (tertiary/aromatic N) is 1. The van der Waals surface area contributed by atoms with Gasteiger partial charge in [-0.2, -0.15) is 0 Å². The Labute approximate surface area is 196 Å². The van der Waals surface area contributed by atoms with Crippen LogP contribution in [0, 0.1) is 17.6 Å². The number of hydrogen-bond donors (Lipinski definition) is 3. The maximum absolute atomic E-state index is 13.4. The number of fused-ring (bicyclic) bond motifs is 1. The van der Waals surface area contributed by atoms with Crippen molar-refractivity contribution < 1.29 is 23.2 Å². The molecule has 3 aromatic rings. The van der Waals surface area contributed by atoms with E-state index in [1.165, 1.54) is 11.8 Å². The summed E-state index contributed by atoms with van der Waals surface area (Å²) in [6, 6.07) is 9.71. The average molecular weight is 471 g/mol. The molecule has 3 amide bonds. The third-order valence-electron chi connectivity index (χ3n) is 5.74. The van der Waals surface area contributed by atoms with Gasteiger partial charge in [-0.1, -0.05) is 18.2 Å². The van der Waals surface area contributed by atoms with Gasteiger partial charge in [0.05, 0.1) is 0 Å². The minimum atomic E-state index is -1.12. The van der Waals surface area contributed by atoms with E-state index < -0.39 is 35.4 Å². The molecule has 0 aliphatic heterocycles. The van der Waals surface area contributed by atoms with Gasteiger partial charge in [-0.25, -0.2) is 8.78 Å². The van der Waals surface area contributed by atoms with Crippen LogP contribution in [0.1, 0.15) is 25.0 Å². The Hall–Kier alpha value is -3.75. The number of rotatable bonds is 9. The summed E-state index contributed by atoms with van der Waals surface area (Å²) in [4.78, 5) is 43.0. The van der Waals surface area contributed by atoms with E-state index in [-0.39, 0.29) is 24.4 Å². The number of halogens is 2. The lowest BCUT2D eigenvalue weighted by molar-refractivity contribution is -0.139. The molecule has 0 bridgehead atoms. The zero-order valence-electron chi connectivity index (χ0n) is 19.3. The van der Waals surface area contributed by atoms with Gasteiger partial charge in [0.25, 0.3) is 0 Å². The fourth-order valence-electron chi connectivity index (χ4n) is 3.61. The summed E-state index contributed by atoms with van der Waals surface area (Å²) in [7, 11) is 1.64. The third-order valence-corrected chi connectivity index (χ3v) is 5.74. The van der Waals surface area contributed by atoms with Crippen LogP contribution in [-0.4, -0.2) is 47.2 Å². The minimum Gasteiger partial charge on any atom is -0.361 e. The van der Waals surface area contributed by atoms with Gasteiger partial charge < -0.3 is 20.5 Å². The zero-order chi connectivity index (χ0) is 24.8. The Bertz CT molecular complexity index is 1170. The molecule has 180 valence electrons. The van der Waals surface area contributed by atoms with E-state index in [0.29, 0.717) is 6.54 Å². The third kappa shape index (κ3) is 5.98. The van der Waals surface area contributed by atoms with Crippen LogP contribution >= 0.6 is 0 Å². The second kappa shape index (κ2) is 10.9. The van der Waals surface area contributed by atoms with E-state index in [9.17, 15) is 23.2 Å². The molecular weight excluding hydrogens is 442 g/mol. The van der Waals surface area contributed by atoms with Gasteiger partial charge >= 0.3 is 0 Å². The molecule has 0 spiro atoms. The lowest BCUT2D eigenvalue weighted by Crippen LogP contribution is -2.51. The van der Waals surface area contributed by atoms with Crippen molar-refractivity contribution in [2.75, 3.05) is 13.6 Å². The van der Waals surface area contributed by atoms with Gasteiger partial charge in [0.2, 0.25) is 17.7 Å². The maximum Gasteiger partial charge on any atom is 0.245 e. The fourth-order valence-corrected chi connectivity index (χ4v) is 3.61. The Morgan fingerprint density at radius 1 is 1.06 bits per heavy atom. The molecule has 2 atom stereocenters. The van der Waals surface area contributed by atoms with Crippen LogP contribution in [0.25, 0.3) is 10.9 Å². The summed E-state index contributed by atoms with van der Waals surface area (Å²) in [6.45, 7) is 3.56. The number of para-hydroxylation sites is 1. The summed E-state index contributed by atoms with van der Waals surface area (Å²) in [5.74, 6) is -4.15. The van der Waals surface area contributed by atoms with Crippen molar-refractivity contribution in [2.45, 2.75) is 32.9 Å². The normalized spacial score (nSPS) is 12.7. The molecule has 0 saturated heterocycles. The minimum absolute atomic E-state index is 0.137. The summed E-state index contributed by atoms with van der Waals surface area (Å²) in [5.41, 5.74) is 2.01. The monoisotopic (exact) mass is 470 g/mol. The number of hydrogen-bond acceptors (Lipinski definition) is 3. The highest BCUT2D eigenvalue weighted by Gasteiger charge is 2.29. The average Bonchev–Trinajstić information content (AvgIpc) is 3.22. The molecule has 0 aliphatic rings. The smallest absolute Gasteiger partial charge is 0.245 e. The molecule has 9 heteroatoms. The molecule has 1 heterocycles. The summed E-state index contributed by atoms with van der Waals surface area (Å²) in [6.07, 6.45) is 2.05. The number of benzene rings is 2. The Morgan fingerprint density at radius 3 is 2.41 bits per heavy atom. The Morgan fingerprint density at radius 2 is 1.74 bits per heavy atom. The van der Waals surface area contributed by atoms with Gasteiger partial charge in [0.15, 0.2) is 0 Å². The SMILES string of the molecule is CCN(C)C(=O)C(Cc1c[nH]c2ccccc12)NC(=O)C(C)C(=O)NCc1cc(F)cc(F)c1. The molecule has 3 N–H and O–H groups in total. The molecule has 3 rings (SSSR count). The van der Waals surface area contributed by atoms with E-state index in [1.54, 1.807) is 13.2 Å². The first kappa shape index (κ1) is 24.9. The quantitative estimate of drug-likeness (QED) is 0.420. The highest BCUT2D eigenvalue weighted by atomic mass is 19.1. The number of nitrogens with one attached hydrogen (secondary N) is 3. The zero-order valence-corrected chi connectivity index (χ0v) is 19.3. The second-order valence-corrected chi connectivity index (χ2v) is 8.19. The van der Waals surface area contributed by atoms with Crippen molar-refractivity contribution in [1.29, 1.82) is 0 Å². The lowest BCUT2D eigenvalue weighted by atomic mass is 10.0. The summed E-state index contributed by atoms with van der Waals surface area (Å²) < 4.78 is 26.7. The van der Waals surface area contributed by atoms with Crippen LogP contribution < -0.4 is 10.6 Å². The number of aromatic amines is 1. The van der Waals surface area contributed by atoms with E-state index in [1.807, 2.05) is 31.2 Å². The standard InChI is InChI=1S/C25H28F2N4O3/c1-4-31(3)25(34)22(11-17-14-28-21-8-6-5-7-20(17)21)30-24(33)15(2)23(32)29-13-16-9-18(26)12-19(27)10-16/h5-10,12,14-15,22,28H,4,11,13H2,1-3H3,(H,29,32)(H,30,33). The molecule has 0 aliphatic carbocycles.